The van der Waals surface area contributed by atoms with Gasteiger partial charge in [0.1, 0.15) is 6.04 Å². The summed E-state index contributed by atoms with van der Waals surface area (Å²) in [6.07, 6.45) is 1.26. The molecule has 1 fully saturated rings. The van der Waals surface area contributed by atoms with Crippen LogP contribution in [0.5, 0.6) is 0 Å². The molecule has 1 N–H and O–H groups in total. The number of hydrogen-bond donors (Lipinski definition) is 1. The van der Waals surface area contributed by atoms with Gasteiger partial charge in [-0.1, -0.05) is 13.8 Å². The summed E-state index contributed by atoms with van der Waals surface area (Å²) >= 11 is 0. The molecule has 1 heterocycles. The average Bonchev–Trinajstić information content (AvgIpc) is 2.22. The van der Waals surface area contributed by atoms with Gasteiger partial charge in [-0.3, -0.25) is 5.32 Å². The second kappa shape index (κ2) is 6.22. The van der Waals surface area contributed by atoms with Crippen LogP contribution in [0.4, 0.5) is 0 Å². The van der Waals surface area contributed by atoms with Crippen molar-refractivity contribution in [2.24, 2.45) is 11.8 Å². The zero-order valence-corrected chi connectivity index (χ0v) is 11.0. The molecule has 0 aromatic heterocycles. The van der Waals surface area contributed by atoms with E-state index in [1.165, 1.54) is 6.42 Å². The van der Waals surface area contributed by atoms with Gasteiger partial charge in [-0.05, 0) is 38.6 Å². The molecule has 0 saturated carbocycles. The van der Waals surface area contributed by atoms with E-state index >= 15 is 0 Å². The third-order valence-electron chi connectivity index (χ3n) is 3.55. The molecule has 0 aromatic carbocycles. The molecule has 16 heavy (non-hydrogen) atoms. The minimum absolute atomic E-state index is 0.0272. The van der Waals surface area contributed by atoms with Crippen LogP contribution in [0.1, 0.15) is 34.1 Å². The summed E-state index contributed by atoms with van der Waals surface area (Å²) in [5.74, 6) is 1.59. The summed E-state index contributed by atoms with van der Waals surface area (Å²) < 4.78 is 0. The standard InChI is InChI=1S/C13H25N3/c1-10(2)15-13(7-14)9-16-6-5-11(3)12(4)8-16/h10-13,15H,5-6,8-9H2,1-4H3. The van der Waals surface area contributed by atoms with Crippen LogP contribution in [-0.4, -0.2) is 36.6 Å². The third-order valence-corrected chi connectivity index (χ3v) is 3.55. The molecule has 3 atom stereocenters. The molecule has 0 bridgehead atoms. The number of hydrogen-bond acceptors (Lipinski definition) is 3. The van der Waals surface area contributed by atoms with Crippen molar-refractivity contribution in [2.75, 3.05) is 19.6 Å². The van der Waals surface area contributed by atoms with Crippen molar-refractivity contribution in [3.05, 3.63) is 0 Å². The Morgan fingerprint density at radius 2 is 2.06 bits per heavy atom. The number of rotatable bonds is 4. The normalized spacial score (nSPS) is 29.0. The van der Waals surface area contributed by atoms with E-state index in [9.17, 15) is 0 Å². The molecular weight excluding hydrogens is 198 g/mol. The highest BCUT2D eigenvalue weighted by Crippen LogP contribution is 2.22. The van der Waals surface area contributed by atoms with Crippen LogP contribution in [0, 0.1) is 23.2 Å². The first-order chi connectivity index (χ1) is 7.52. The summed E-state index contributed by atoms with van der Waals surface area (Å²) in [7, 11) is 0. The quantitative estimate of drug-likeness (QED) is 0.790. The average molecular weight is 223 g/mol. The SMILES string of the molecule is CC(C)NC(C#N)CN1CCC(C)C(C)C1. The van der Waals surface area contributed by atoms with E-state index in [4.69, 9.17) is 5.26 Å². The molecule has 0 amide bonds. The first-order valence-electron chi connectivity index (χ1n) is 6.41. The molecule has 3 nitrogen and oxygen atoms in total. The molecular formula is C13H25N3. The molecule has 1 rings (SSSR count). The van der Waals surface area contributed by atoms with Gasteiger partial charge in [0.25, 0.3) is 0 Å². The Kier molecular flexibility index (Phi) is 5.24. The molecule has 3 unspecified atom stereocenters. The smallest absolute Gasteiger partial charge is 0.108 e. The molecule has 3 heteroatoms. The van der Waals surface area contributed by atoms with Crippen molar-refractivity contribution in [2.45, 2.75) is 46.2 Å². The second-order valence-electron chi connectivity index (χ2n) is 5.51. The third kappa shape index (κ3) is 4.11. The Labute approximate surface area is 99.8 Å². The maximum Gasteiger partial charge on any atom is 0.108 e. The highest BCUT2D eigenvalue weighted by molar-refractivity contribution is 4.94. The minimum atomic E-state index is -0.0272. The van der Waals surface area contributed by atoms with Crippen molar-refractivity contribution < 1.29 is 0 Å². The summed E-state index contributed by atoms with van der Waals surface area (Å²) in [5.41, 5.74) is 0. The van der Waals surface area contributed by atoms with Gasteiger partial charge < -0.3 is 4.90 Å². The number of likely N-dealkylation sites (tertiary alicyclic amines) is 1. The van der Waals surface area contributed by atoms with Crippen molar-refractivity contribution >= 4 is 0 Å². The number of piperidine rings is 1. The van der Waals surface area contributed by atoms with E-state index < -0.39 is 0 Å². The lowest BCUT2D eigenvalue weighted by Gasteiger charge is -2.36. The van der Waals surface area contributed by atoms with Gasteiger partial charge in [0.05, 0.1) is 6.07 Å². The number of nitrogens with one attached hydrogen (secondary N) is 1. The molecule has 0 aromatic rings. The van der Waals surface area contributed by atoms with Crippen molar-refractivity contribution in [1.29, 1.82) is 5.26 Å². The van der Waals surface area contributed by atoms with Crippen LogP contribution in [-0.2, 0) is 0 Å². The van der Waals surface area contributed by atoms with Crippen LogP contribution in [0.15, 0.2) is 0 Å². The van der Waals surface area contributed by atoms with Gasteiger partial charge in [-0.15, -0.1) is 0 Å². The van der Waals surface area contributed by atoms with Gasteiger partial charge in [0.2, 0.25) is 0 Å². The summed E-state index contributed by atoms with van der Waals surface area (Å²) in [5, 5.41) is 12.4. The van der Waals surface area contributed by atoms with Crippen molar-refractivity contribution in [1.82, 2.24) is 10.2 Å². The first kappa shape index (κ1) is 13.5. The highest BCUT2D eigenvalue weighted by atomic mass is 15.2. The van der Waals surface area contributed by atoms with Crippen LogP contribution >= 0.6 is 0 Å². The molecule has 92 valence electrons. The fourth-order valence-corrected chi connectivity index (χ4v) is 2.31. The molecule has 0 radical (unpaired) electrons. The summed E-state index contributed by atoms with van der Waals surface area (Å²) in [6.45, 7) is 12.0. The Hall–Kier alpha value is -0.590. The van der Waals surface area contributed by atoms with Gasteiger partial charge >= 0.3 is 0 Å². The molecule has 0 spiro atoms. The fourth-order valence-electron chi connectivity index (χ4n) is 2.31. The predicted octanol–water partition coefficient (Wildman–Crippen LogP) is 1.85. The lowest BCUT2D eigenvalue weighted by Crippen LogP contribution is -2.47. The number of nitriles is 1. The lowest BCUT2D eigenvalue weighted by molar-refractivity contribution is 0.132. The second-order valence-corrected chi connectivity index (χ2v) is 5.51. The zero-order chi connectivity index (χ0) is 12.1. The maximum absolute atomic E-state index is 9.08. The molecule has 1 aliphatic heterocycles. The van der Waals surface area contributed by atoms with Crippen molar-refractivity contribution in [3.63, 3.8) is 0 Å². The van der Waals surface area contributed by atoms with Crippen LogP contribution in [0.2, 0.25) is 0 Å². The zero-order valence-electron chi connectivity index (χ0n) is 11.0. The summed E-state index contributed by atoms with van der Waals surface area (Å²) in [6, 6.07) is 2.71. The minimum Gasteiger partial charge on any atom is -0.300 e. The lowest BCUT2D eigenvalue weighted by atomic mass is 9.88. The summed E-state index contributed by atoms with van der Waals surface area (Å²) in [4.78, 5) is 2.42. The van der Waals surface area contributed by atoms with Gasteiger partial charge in [0.15, 0.2) is 0 Å². The highest BCUT2D eigenvalue weighted by Gasteiger charge is 2.24. The van der Waals surface area contributed by atoms with Crippen LogP contribution < -0.4 is 5.32 Å². The van der Waals surface area contributed by atoms with E-state index in [1.807, 2.05) is 0 Å². The van der Waals surface area contributed by atoms with E-state index in [2.05, 4.69) is 44.0 Å². The molecule has 0 aliphatic carbocycles. The van der Waals surface area contributed by atoms with Gasteiger partial charge in [0, 0.05) is 19.1 Å². The maximum atomic E-state index is 9.08. The van der Waals surface area contributed by atoms with E-state index in [-0.39, 0.29) is 6.04 Å². The van der Waals surface area contributed by atoms with Crippen LogP contribution in [0.25, 0.3) is 0 Å². The van der Waals surface area contributed by atoms with E-state index in [0.717, 1.165) is 31.5 Å². The van der Waals surface area contributed by atoms with Crippen molar-refractivity contribution in [3.8, 4) is 6.07 Å². The first-order valence-corrected chi connectivity index (χ1v) is 6.41. The van der Waals surface area contributed by atoms with Crippen LogP contribution in [0.3, 0.4) is 0 Å². The fraction of sp³-hybridized carbons (Fsp3) is 0.923. The predicted molar refractivity (Wildman–Crippen MR) is 67.1 cm³/mol. The van der Waals surface area contributed by atoms with E-state index in [0.29, 0.717) is 6.04 Å². The van der Waals surface area contributed by atoms with Gasteiger partial charge in [-0.25, -0.2) is 0 Å². The Morgan fingerprint density at radius 3 is 2.56 bits per heavy atom. The Bertz CT molecular complexity index is 244. The number of nitrogens with zero attached hydrogens (tertiary/aromatic N) is 2. The Morgan fingerprint density at radius 1 is 1.38 bits per heavy atom. The largest absolute Gasteiger partial charge is 0.300 e. The molecule has 1 saturated heterocycles. The topological polar surface area (TPSA) is 39.1 Å². The molecule has 1 aliphatic rings. The van der Waals surface area contributed by atoms with Gasteiger partial charge in [-0.2, -0.15) is 5.26 Å². The monoisotopic (exact) mass is 223 g/mol. The Balaban J connectivity index is 2.38. The van der Waals surface area contributed by atoms with E-state index in [1.54, 1.807) is 0 Å².